The van der Waals surface area contributed by atoms with E-state index in [2.05, 4.69) is 19.2 Å². The lowest BCUT2D eigenvalue weighted by atomic mass is 9.97. The number of rotatable bonds is 5. The minimum atomic E-state index is -3.79. The van der Waals surface area contributed by atoms with Gasteiger partial charge in [0.15, 0.2) is 0 Å². The fraction of sp³-hybridized carbons (Fsp3) is 0.0952. The molecular weight excluding hydrogens is 468 g/mol. The summed E-state index contributed by atoms with van der Waals surface area (Å²) in [7, 11) is -0.0170. The Balaban J connectivity index is 1.65. The third-order valence-corrected chi connectivity index (χ3v) is 7.51. The minimum Gasteiger partial charge on any atom is -0.350 e. The highest BCUT2D eigenvalue weighted by Crippen LogP contribution is 2.39. The molecule has 0 atom stereocenters. The first-order valence-corrected chi connectivity index (χ1v) is 12.1. The van der Waals surface area contributed by atoms with Gasteiger partial charge in [0.25, 0.3) is 10.0 Å². The van der Waals surface area contributed by atoms with Crippen molar-refractivity contribution in [2.45, 2.75) is 4.90 Å². The molecule has 8 nitrogen and oxygen atoms in total. The average Bonchev–Trinajstić information content (AvgIpc) is 3.49. The van der Waals surface area contributed by atoms with Crippen LogP contribution in [0.1, 0.15) is 0 Å². The molecule has 5 rings (SSSR count). The van der Waals surface area contributed by atoms with Crippen molar-refractivity contribution in [1.82, 2.24) is 23.7 Å². The molecule has 5 aromatic rings. The highest BCUT2D eigenvalue weighted by molar-refractivity contribution is 7.93. The largest absolute Gasteiger partial charge is 0.350 e. The molecule has 2 aromatic carbocycles. The number of anilines is 1. The van der Waals surface area contributed by atoms with Gasteiger partial charge < -0.3 is 4.57 Å². The zero-order chi connectivity index (χ0) is 22.5. The van der Waals surface area contributed by atoms with E-state index in [0.717, 1.165) is 44.8 Å². The van der Waals surface area contributed by atoms with Gasteiger partial charge in [-0.25, -0.2) is 13.4 Å². The summed E-state index contributed by atoms with van der Waals surface area (Å²) >= 11 is 7.29. The topological polar surface area (TPSA) is 94.7 Å². The molecule has 0 aliphatic carbocycles. The normalized spacial score (nSPS) is 11.8. The SMILES string of the molecule is Cn1nccc1-c1cc(Cl)ccc1-c1cn(C)c2cc(S(=O)(=O)Nc3ncns3)ccc12. The van der Waals surface area contributed by atoms with Gasteiger partial charge in [-0.05, 0) is 35.9 Å². The van der Waals surface area contributed by atoms with Crippen molar-refractivity contribution in [1.29, 1.82) is 0 Å². The van der Waals surface area contributed by atoms with Crippen LogP contribution in [0.4, 0.5) is 5.13 Å². The summed E-state index contributed by atoms with van der Waals surface area (Å²) in [6.07, 6.45) is 5.04. The third kappa shape index (κ3) is 3.56. The predicted molar refractivity (Wildman–Crippen MR) is 126 cm³/mol. The Morgan fingerprint density at radius 1 is 1.03 bits per heavy atom. The van der Waals surface area contributed by atoms with Gasteiger partial charge in [0, 0.05) is 65.1 Å². The lowest BCUT2D eigenvalue weighted by Crippen LogP contribution is -2.12. The highest BCUT2D eigenvalue weighted by Gasteiger charge is 2.20. The Bertz CT molecular complexity index is 1550. The maximum Gasteiger partial charge on any atom is 0.263 e. The molecule has 32 heavy (non-hydrogen) atoms. The Kier molecular flexibility index (Phi) is 5.00. The lowest BCUT2D eigenvalue weighted by Gasteiger charge is -2.11. The number of aryl methyl sites for hydroxylation is 2. The van der Waals surface area contributed by atoms with Crippen molar-refractivity contribution in [2.24, 2.45) is 14.1 Å². The van der Waals surface area contributed by atoms with Gasteiger partial charge in [-0.3, -0.25) is 9.40 Å². The van der Waals surface area contributed by atoms with Crippen molar-refractivity contribution in [3.63, 3.8) is 0 Å². The second kappa shape index (κ2) is 7.73. The van der Waals surface area contributed by atoms with Crippen LogP contribution in [0.5, 0.6) is 0 Å². The number of nitrogens with zero attached hydrogens (tertiary/aromatic N) is 5. The number of sulfonamides is 1. The maximum atomic E-state index is 12.8. The molecule has 0 saturated carbocycles. The van der Waals surface area contributed by atoms with E-state index in [1.165, 1.54) is 6.33 Å². The zero-order valence-corrected chi connectivity index (χ0v) is 19.4. The number of halogens is 1. The maximum absolute atomic E-state index is 12.8. The van der Waals surface area contributed by atoms with E-state index in [1.54, 1.807) is 23.0 Å². The minimum absolute atomic E-state index is 0.149. The van der Waals surface area contributed by atoms with Crippen molar-refractivity contribution < 1.29 is 8.42 Å². The summed E-state index contributed by atoms with van der Waals surface area (Å²) in [4.78, 5) is 4.04. The van der Waals surface area contributed by atoms with Crippen LogP contribution in [-0.2, 0) is 24.1 Å². The summed E-state index contributed by atoms with van der Waals surface area (Å²) in [5.41, 5.74) is 4.60. The van der Waals surface area contributed by atoms with Gasteiger partial charge in [-0.15, -0.1) is 0 Å². The summed E-state index contributed by atoms with van der Waals surface area (Å²) in [6.45, 7) is 0. The van der Waals surface area contributed by atoms with Gasteiger partial charge in [0.1, 0.15) is 6.33 Å². The number of fused-ring (bicyclic) bond motifs is 1. The number of hydrogen-bond acceptors (Lipinski definition) is 6. The monoisotopic (exact) mass is 484 g/mol. The molecule has 0 saturated heterocycles. The first-order chi connectivity index (χ1) is 15.3. The number of nitrogens with one attached hydrogen (secondary N) is 1. The van der Waals surface area contributed by atoms with Crippen LogP contribution in [0.3, 0.4) is 0 Å². The van der Waals surface area contributed by atoms with E-state index >= 15 is 0 Å². The summed E-state index contributed by atoms with van der Waals surface area (Å²) < 4.78 is 35.6. The van der Waals surface area contributed by atoms with Crippen LogP contribution < -0.4 is 4.72 Å². The molecule has 11 heteroatoms. The second-order valence-electron chi connectivity index (χ2n) is 7.21. The third-order valence-electron chi connectivity index (χ3n) is 5.22. The molecular formula is C21H17ClN6O2S2. The fourth-order valence-electron chi connectivity index (χ4n) is 3.74. The van der Waals surface area contributed by atoms with E-state index in [-0.39, 0.29) is 10.0 Å². The van der Waals surface area contributed by atoms with Crippen LogP contribution in [0.15, 0.2) is 66.1 Å². The van der Waals surface area contributed by atoms with E-state index in [9.17, 15) is 8.42 Å². The van der Waals surface area contributed by atoms with Crippen LogP contribution in [-0.4, -0.2) is 32.1 Å². The van der Waals surface area contributed by atoms with Crippen molar-refractivity contribution in [2.75, 3.05) is 4.72 Å². The number of hydrogen-bond donors (Lipinski definition) is 1. The molecule has 0 aliphatic rings. The molecule has 0 amide bonds. The quantitative estimate of drug-likeness (QED) is 0.395. The fourth-order valence-corrected chi connectivity index (χ4v) is 5.59. The van der Waals surface area contributed by atoms with Crippen molar-refractivity contribution >= 4 is 49.2 Å². The van der Waals surface area contributed by atoms with E-state index in [0.29, 0.717) is 5.02 Å². The summed E-state index contributed by atoms with van der Waals surface area (Å²) in [5, 5.41) is 6.05. The first kappa shape index (κ1) is 20.7. The van der Waals surface area contributed by atoms with Crippen molar-refractivity contribution in [3.8, 4) is 22.4 Å². The Labute approximate surface area is 193 Å². The van der Waals surface area contributed by atoms with Gasteiger partial charge in [-0.1, -0.05) is 23.7 Å². The average molecular weight is 485 g/mol. The Morgan fingerprint density at radius 3 is 2.59 bits per heavy atom. The lowest BCUT2D eigenvalue weighted by molar-refractivity contribution is 0.601. The van der Waals surface area contributed by atoms with Crippen LogP contribution >= 0.6 is 23.1 Å². The smallest absolute Gasteiger partial charge is 0.263 e. The molecule has 0 radical (unpaired) electrons. The number of aromatic nitrogens is 5. The highest BCUT2D eigenvalue weighted by atomic mass is 35.5. The molecule has 3 heterocycles. The molecule has 3 aromatic heterocycles. The summed E-state index contributed by atoms with van der Waals surface area (Å²) in [6, 6.07) is 12.7. The standard InChI is InChI=1S/C21H17ClN6O2S2/c1-27-11-18(15-5-3-13(22)9-17(15)19-7-8-24-28(19)2)16-6-4-14(10-20(16)27)32(29,30)26-21-23-12-25-31-21/h3-12H,1-2H3,(H,23,25,26). The van der Waals surface area contributed by atoms with Gasteiger partial charge in [0.2, 0.25) is 5.13 Å². The molecule has 0 bridgehead atoms. The van der Waals surface area contributed by atoms with E-state index in [4.69, 9.17) is 11.6 Å². The molecule has 0 spiro atoms. The molecule has 162 valence electrons. The van der Waals surface area contributed by atoms with Crippen LogP contribution in [0.2, 0.25) is 5.02 Å². The molecule has 1 N–H and O–H groups in total. The van der Waals surface area contributed by atoms with Crippen LogP contribution in [0.25, 0.3) is 33.3 Å². The Morgan fingerprint density at radius 2 is 1.88 bits per heavy atom. The first-order valence-electron chi connectivity index (χ1n) is 9.50. The molecule has 0 fully saturated rings. The van der Waals surface area contributed by atoms with Crippen molar-refractivity contribution in [3.05, 3.63) is 66.2 Å². The van der Waals surface area contributed by atoms with Crippen LogP contribution in [0, 0.1) is 0 Å². The Hall–Kier alpha value is -3.21. The summed E-state index contributed by atoms with van der Waals surface area (Å²) in [5.74, 6) is 0. The molecule has 0 aliphatic heterocycles. The van der Waals surface area contributed by atoms with E-state index in [1.807, 2.05) is 55.2 Å². The number of benzene rings is 2. The zero-order valence-electron chi connectivity index (χ0n) is 17.0. The van der Waals surface area contributed by atoms with E-state index < -0.39 is 10.0 Å². The molecule has 0 unspecified atom stereocenters. The van der Waals surface area contributed by atoms with Gasteiger partial charge in [0.05, 0.1) is 10.6 Å². The van der Waals surface area contributed by atoms with Gasteiger partial charge >= 0.3 is 0 Å². The van der Waals surface area contributed by atoms with Gasteiger partial charge in [-0.2, -0.15) is 9.47 Å². The second-order valence-corrected chi connectivity index (χ2v) is 10.1. The predicted octanol–water partition coefficient (Wildman–Crippen LogP) is 4.55.